The van der Waals surface area contributed by atoms with Crippen LogP contribution in [0.25, 0.3) is 0 Å². The molecule has 1 heterocycles. The maximum atomic E-state index is 9.95. The first-order valence-electron chi connectivity index (χ1n) is 4.32. The minimum absolute atomic E-state index is 0.289. The van der Waals surface area contributed by atoms with Gasteiger partial charge >= 0.3 is 0 Å². The molecule has 1 amide bonds. The Labute approximate surface area is 87.2 Å². The Hall–Kier alpha value is -1.01. The van der Waals surface area contributed by atoms with Crippen LogP contribution in [0.4, 0.5) is 0 Å². The fourth-order valence-electron chi connectivity index (χ4n) is 1.07. The van der Waals surface area contributed by atoms with Gasteiger partial charge < -0.3 is 10.7 Å². The Morgan fingerprint density at radius 2 is 2.43 bits per heavy atom. The number of amides is 1. The van der Waals surface area contributed by atoms with Gasteiger partial charge in [0.1, 0.15) is 5.84 Å². The van der Waals surface area contributed by atoms with E-state index in [9.17, 15) is 4.79 Å². The van der Waals surface area contributed by atoms with Gasteiger partial charge in [0.25, 0.3) is 0 Å². The first-order valence-corrected chi connectivity index (χ1v) is 5.26. The smallest absolute Gasteiger partial charge is 0.211 e. The van der Waals surface area contributed by atoms with E-state index in [1.807, 2.05) is 0 Å². The van der Waals surface area contributed by atoms with E-state index in [0.29, 0.717) is 17.5 Å². The first kappa shape index (κ1) is 11.1. The van der Waals surface area contributed by atoms with Gasteiger partial charge in [0.2, 0.25) is 6.41 Å². The van der Waals surface area contributed by atoms with E-state index in [4.69, 9.17) is 5.84 Å². The number of hydrazine groups is 1. The third-order valence-corrected chi connectivity index (χ3v) is 3.03. The maximum Gasteiger partial charge on any atom is 0.211 e. The Kier molecular flexibility index (Phi) is 4.48. The largest absolute Gasteiger partial charge is 0.335 e. The molecule has 0 spiro atoms. The average Bonchev–Trinajstić information content (AvgIpc) is 2.13. The molecule has 2 unspecified atom stereocenters. The number of thioether (sulfide) groups is 1. The molecule has 1 aliphatic heterocycles. The lowest BCUT2D eigenvalue weighted by Gasteiger charge is -2.28. The van der Waals surface area contributed by atoms with Crippen LogP contribution in [0.2, 0.25) is 0 Å². The second-order valence-corrected chi connectivity index (χ2v) is 4.53. The van der Waals surface area contributed by atoms with Crippen molar-refractivity contribution < 1.29 is 4.79 Å². The van der Waals surface area contributed by atoms with Gasteiger partial charge in [-0.1, -0.05) is 6.92 Å². The lowest BCUT2D eigenvalue weighted by molar-refractivity contribution is -0.108. The lowest BCUT2D eigenvalue weighted by atomic mass is 10.3. The average molecular weight is 214 g/mol. The standard InChI is InChI=1S/C8H14N4OS/c1-6-4-8(14-6)11-7(12-9)2-3-10-5-13/h2-3,5-6,8H,4,9H2,1H3,(H,10,13)(H,11,12)/b3-2-. The van der Waals surface area contributed by atoms with Crippen LogP contribution >= 0.6 is 11.8 Å². The van der Waals surface area contributed by atoms with Crippen molar-refractivity contribution >= 4 is 24.0 Å². The van der Waals surface area contributed by atoms with Crippen molar-refractivity contribution in [1.29, 1.82) is 0 Å². The lowest BCUT2D eigenvalue weighted by Crippen LogP contribution is -2.32. The Balaban J connectivity index is 2.40. The zero-order chi connectivity index (χ0) is 10.4. The summed E-state index contributed by atoms with van der Waals surface area (Å²) in [4.78, 5) is 14.3. The quantitative estimate of drug-likeness (QED) is 0.202. The summed E-state index contributed by atoms with van der Waals surface area (Å²) in [5.41, 5.74) is 2.47. The van der Waals surface area contributed by atoms with E-state index in [2.05, 4.69) is 22.7 Å². The molecule has 0 bridgehead atoms. The molecule has 4 N–H and O–H groups in total. The molecule has 6 heteroatoms. The van der Waals surface area contributed by atoms with E-state index < -0.39 is 0 Å². The minimum atomic E-state index is 0.289. The fraction of sp³-hybridized carbons (Fsp3) is 0.500. The van der Waals surface area contributed by atoms with Crippen molar-refractivity contribution in [3.05, 3.63) is 12.3 Å². The Bertz CT molecular complexity index is 248. The Morgan fingerprint density at radius 1 is 1.71 bits per heavy atom. The molecule has 0 aliphatic carbocycles. The summed E-state index contributed by atoms with van der Waals surface area (Å²) in [6.45, 7) is 2.16. The second kappa shape index (κ2) is 5.66. The number of amidine groups is 1. The van der Waals surface area contributed by atoms with Gasteiger partial charge in [0.15, 0.2) is 0 Å². The van der Waals surface area contributed by atoms with Crippen LogP contribution < -0.4 is 16.6 Å². The van der Waals surface area contributed by atoms with Crippen molar-refractivity contribution in [2.45, 2.75) is 24.0 Å². The number of carbonyl (C=O) groups is 1. The van der Waals surface area contributed by atoms with Crippen molar-refractivity contribution in [3.8, 4) is 0 Å². The van der Waals surface area contributed by atoms with Crippen molar-refractivity contribution in [1.82, 2.24) is 10.7 Å². The van der Waals surface area contributed by atoms with Gasteiger partial charge in [0.05, 0.1) is 5.37 Å². The third kappa shape index (κ3) is 3.39. The highest BCUT2D eigenvalue weighted by molar-refractivity contribution is 8.01. The molecule has 0 aromatic heterocycles. The van der Waals surface area contributed by atoms with E-state index in [1.54, 1.807) is 17.8 Å². The minimum Gasteiger partial charge on any atom is -0.335 e. The predicted molar refractivity (Wildman–Crippen MR) is 58.6 cm³/mol. The van der Waals surface area contributed by atoms with Crippen LogP contribution in [0.5, 0.6) is 0 Å². The number of hydrogen-bond donors (Lipinski definition) is 3. The van der Waals surface area contributed by atoms with Crippen LogP contribution in [0.3, 0.4) is 0 Å². The molecular formula is C8H14N4OS. The zero-order valence-electron chi connectivity index (χ0n) is 7.93. The van der Waals surface area contributed by atoms with Crippen molar-refractivity contribution in [3.63, 3.8) is 0 Å². The number of rotatable bonds is 4. The number of nitrogens with two attached hydrogens (primary N) is 1. The molecule has 1 aliphatic rings. The van der Waals surface area contributed by atoms with Crippen LogP contribution in [0.15, 0.2) is 17.3 Å². The van der Waals surface area contributed by atoms with E-state index in [-0.39, 0.29) is 5.37 Å². The summed E-state index contributed by atoms with van der Waals surface area (Å²) in [5, 5.41) is 3.36. The second-order valence-electron chi connectivity index (χ2n) is 2.91. The number of hydrogen-bond acceptors (Lipinski definition) is 4. The molecular weight excluding hydrogens is 200 g/mol. The van der Waals surface area contributed by atoms with E-state index in [0.717, 1.165) is 6.42 Å². The number of carbonyl (C=O) groups excluding carboxylic acids is 1. The summed E-state index contributed by atoms with van der Waals surface area (Å²) in [7, 11) is 0. The van der Waals surface area contributed by atoms with Crippen LogP contribution in [-0.2, 0) is 4.79 Å². The van der Waals surface area contributed by atoms with Crippen LogP contribution in [-0.4, -0.2) is 22.9 Å². The predicted octanol–water partition coefficient (Wildman–Crippen LogP) is -0.0406. The normalized spacial score (nSPS) is 27.1. The molecule has 1 saturated heterocycles. The monoisotopic (exact) mass is 214 g/mol. The van der Waals surface area contributed by atoms with Crippen LogP contribution in [0.1, 0.15) is 13.3 Å². The van der Waals surface area contributed by atoms with Gasteiger partial charge in [-0.15, -0.1) is 11.8 Å². The maximum absolute atomic E-state index is 9.95. The molecule has 78 valence electrons. The number of nitrogens with zero attached hydrogens (tertiary/aromatic N) is 1. The summed E-state index contributed by atoms with van der Waals surface area (Å²) in [5.74, 6) is 5.83. The molecule has 0 saturated carbocycles. The summed E-state index contributed by atoms with van der Waals surface area (Å²) in [6, 6.07) is 0. The molecule has 1 rings (SSSR count). The number of nitrogens with one attached hydrogen (secondary N) is 2. The van der Waals surface area contributed by atoms with Gasteiger partial charge in [-0.25, -0.2) is 5.84 Å². The molecule has 1 fully saturated rings. The number of aliphatic imine (C=N–C) groups is 1. The molecule has 0 aromatic rings. The highest BCUT2D eigenvalue weighted by Gasteiger charge is 2.25. The molecule has 0 aromatic carbocycles. The molecule has 14 heavy (non-hydrogen) atoms. The van der Waals surface area contributed by atoms with E-state index >= 15 is 0 Å². The third-order valence-electron chi connectivity index (χ3n) is 1.76. The van der Waals surface area contributed by atoms with Crippen molar-refractivity contribution in [2.24, 2.45) is 10.8 Å². The Morgan fingerprint density at radius 3 is 2.93 bits per heavy atom. The van der Waals surface area contributed by atoms with Gasteiger partial charge in [0, 0.05) is 11.4 Å². The highest BCUT2D eigenvalue weighted by Crippen LogP contribution is 2.36. The van der Waals surface area contributed by atoms with Gasteiger partial charge in [-0.05, 0) is 12.5 Å². The van der Waals surface area contributed by atoms with Crippen LogP contribution in [0, 0.1) is 0 Å². The van der Waals surface area contributed by atoms with Crippen molar-refractivity contribution in [2.75, 3.05) is 0 Å². The summed E-state index contributed by atoms with van der Waals surface area (Å²) >= 11 is 1.80. The highest BCUT2D eigenvalue weighted by atomic mass is 32.2. The molecule has 5 nitrogen and oxygen atoms in total. The van der Waals surface area contributed by atoms with Gasteiger partial charge in [-0.2, -0.15) is 0 Å². The molecule has 0 radical (unpaired) electrons. The van der Waals surface area contributed by atoms with Gasteiger partial charge in [-0.3, -0.25) is 9.79 Å². The zero-order valence-corrected chi connectivity index (χ0v) is 8.75. The summed E-state index contributed by atoms with van der Waals surface area (Å²) in [6.07, 6.45) is 4.77. The summed E-state index contributed by atoms with van der Waals surface area (Å²) < 4.78 is 0. The first-order chi connectivity index (χ1) is 6.76. The van der Waals surface area contributed by atoms with E-state index in [1.165, 1.54) is 6.20 Å². The SMILES string of the molecule is CC1CC(/N=C(\C=C/NC=O)NN)S1. The molecule has 2 atom stereocenters. The topological polar surface area (TPSA) is 79.5 Å². The fourth-order valence-corrected chi connectivity index (χ4v) is 2.12.